The molecule has 1 atom stereocenters. The van der Waals surface area contributed by atoms with E-state index in [-0.39, 0.29) is 18.6 Å². The number of hydrogen-bond donors (Lipinski definition) is 1. The Morgan fingerprint density at radius 3 is 3.28 bits per heavy atom. The number of aliphatic hydroxyl groups is 1. The number of aliphatic hydroxyl groups excluding tert-OH is 1. The van der Waals surface area contributed by atoms with Gasteiger partial charge in [-0.1, -0.05) is 6.07 Å². The van der Waals surface area contributed by atoms with Gasteiger partial charge in [0.1, 0.15) is 0 Å². The number of thiophene rings is 1. The number of nitrogens with zero attached hydrogens (tertiary/aromatic N) is 1. The number of morpholine rings is 1. The van der Waals surface area contributed by atoms with Crippen molar-refractivity contribution in [2.75, 3.05) is 32.1 Å². The number of amides is 1. The number of hydrogen-bond acceptors (Lipinski definition) is 5. The molecular weight excluding hydrogens is 270 g/mol. The van der Waals surface area contributed by atoms with Gasteiger partial charge < -0.3 is 14.7 Å². The van der Waals surface area contributed by atoms with Crippen LogP contribution in [0.3, 0.4) is 0 Å². The van der Waals surface area contributed by atoms with E-state index in [4.69, 9.17) is 4.74 Å². The minimum absolute atomic E-state index is 0.0265. The SMILES string of the molecule is O=C(CSCc1cccs1)N1CCOCC1CO. The van der Waals surface area contributed by atoms with E-state index in [0.717, 1.165) is 5.75 Å². The predicted octanol–water partition coefficient (Wildman–Crippen LogP) is 1.20. The first-order valence-corrected chi connectivity index (χ1v) is 7.93. The second-order valence-corrected chi connectivity index (χ2v) is 6.09. The van der Waals surface area contributed by atoms with Crippen molar-refractivity contribution in [1.29, 1.82) is 0 Å². The summed E-state index contributed by atoms with van der Waals surface area (Å²) in [5.41, 5.74) is 0. The molecule has 1 aliphatic heterocycles. The van der Waals surface area contributed by atoms with Crippen molar-refractivity contribution in [2.45, 2.75) is 11.8 Å². The number of rotatable bonds is 5. The molecule has 6 heteroatoms. The Balaban J connectivity index is 1.76. The fourth-order valence-corrected chi connectivity index (χ4v) is 3.60. The molecule has 1 unspecified atom stereocenters. The highest BCUT2D eigenvalue weighted by Gasteiger charge is 2.26. The molecule has 0 spiro atoms. The Bertz CT molecular complexity index is 369. The van der Waals surface area contributed by atoms with E-state index in [1.165, 1.54) is 4.88 Å². The van der Waals surface area contributed by atoms with Crippen molar-refractivity contribution < 1.29 is 14.6 Å². The molecule has 0 radical (unpaired) electrons. The van der Waals surface area contributed by atoms with Crippen LogP contribution < -0.4 is 0 Å². The number of carbonyl (C=O) groups excluding carboxylic acids is 1. The van der Waals surface area contributed by atoms with E-state index in [0.29, 0.717) is 25.5 Å². The van der Waals surface area contributed by atoms with Crippen LogP contribution in [0.5, 0.6) is 0 Å². The van der Waals surface area contributed by atoms with Crippen LogP contribution in [-0.4, -0.2) is 54.1 Å². The molecule has 1 fully saturated rings. The summed E-state index contributed by atoms with van der Waals surface area (Å²) in [5, 5.41) is 11.3. The zero-order valence-corrected chi connectivity index (χ0v) is 11.7. The van der Waals surface area contributed by atoms with Crippen molar-refractivity contribution in [3.8, 4) is 0 Å². The lowest BCUT2D eigenvalue weighted by atomic mass is 10.2. The van der Waals surface area contributed by atoms with Gasteiger partial charge in [0.25, 0.3) is 0 Å². The Morgan fingerprint density at radius 1 is 1.67 bits per heavy atom. The van der Waals surface area contributed by atoms with Gasteiger partial charge in [-0.15, -0.1) is 23.1 Å². The Morgan fingerprint density at radius 2 is 2.56 bits per heavy atom. The van der Waals surface area contributed by atoms with Crippen molar-refractivity contribution in [3.63, 3.8) is 0 Å². The zero-order valence-electron chi connectivity index (χ0n) is 10.1. The molecule has 1 aliphatic rings. The monoisotopic (exact) mass is 287 g/mol. The van der Waals surface area contributed by atoms with E-state index in [9.17, 15) is 9.90 Å². The number of carbonyl (C=O) groups is 1. The van der Waals surface area contributed by atoms with Crippen LogP contribution >= 0.6 is 23.1 Å². The third-order valence-electron chi connectivity index (χ3n) is 2.81. The summed E-state index contributed by atoms with van der Waals surface area (Å²) >= 11 is 3.33. The molecule has 1 N–H and O–H groups in total. The lowest BCUT2D eigenvalue weighted by molar-refractivity contribution is -0.138. The van der Waals surface area contributed by atoms with Crippen LogP contribution in [0.1, 0.15) is 4.88 Å². The second-order valence-electron chi connectivity index (χ2n) is 4.07. The highest BCUT2D eigenvalue weighted by Crippen LogP contribution is 2.18. The van der Waals surface area contributed by atoms with Crippen molar-refractivity contribution in [3.05, 3.63) is 22.4 Å². The fraction of sp³-hybridized carbons (Fsp3) is 0.583. The van der Waals surface area contributed by atoms with Crippen molar-refractivity contribution in [2.24, 2.45) is 0 Å². The molecule has 2 rings (SSSR count). The number of ether oxygens (including phenoxy) is 1. The van der Waals surface area contributed by atoms with Crippen LogP contribution in [0.15, 0.2) is 17.5 Å². The molecule has 18 heavy (non-hydrogen) atoms. The van der Waals surface area contributed by atoms with E-state index < -0.39 is 0 Å². The number of thioether (sulfide) groups is 1. The lowest BCUT2D eigenvalue weighted by Gasteiger charge is -2.34. The van der Waals surface area contributed by atoms with Crippen LogP contribution in [0.25, 0.3) is 0 Å². The summed E-state index contributed by atoms with van der Waals surface area (Å²) in [6, 6.07) is 3.92. The molecule has 2 heterocycles. The van der Waals surface area contributed by atoms with E-state index >= 15 is 0 Å². The zero-order chi connectivity index (χ0) is 12.8. The third kappa shape index (κ3) is 3.71. The quantitative estimate of drug-likeness (QED) is 0.884. The molecule has 100 valence electrons. The normalized spacial score (nSPS) is 20.1. The summed E-state index contributed by atoms with van der Waals surface area (Å²) in [5.74, 6) is 1.44. The maximum absolute atomic E-state index is 12.0. The van der Waals surface area contributed by atoms with Gasteiger partial charge in [0.2, 0.25) is 5.91 Å². The first-order chi connectivity index (χ1) is 8.81. The van der Waals surface area contributed by atoms with Crippen LogP contribution in [0.2, 0.25) is 0 Å². The molecule has 1 aromatic rings. The first-order valence-electron chi connectivity index (χ1n) is 5.89. The Labute approximate surface area is 115 Å². The van der Waals surface area contributed by atoms with Gasteiger partial charge in [-0.05, 0) is 11.4 Å². The van der Waals surface area contributed by atoms with Crippen LogP contribution in [-0.2, 0) is 15.3 Å². The van der Waals surface area contributed by atoms with E-state index in [1.807, 2.05) is 11.4 Å². The predicted molar refractivity (Wildman–Crippen MR) is 73.9 cm³/mol. The Hall–Kier alpha value is -0.560. The molecule has 4 nitrogen and oxygen atoms in total. The van der Waals surface area contributed by atoms with Gasteiger partial charge in [0.05, 0.1) is 31.6 Å². The molecular formula is C12H17NO3S2. The summed E-state index contributed by atoms with van der Waals surface area (Å²) in [7, 11) is 0. The van der Waals surface area contributed by atoms with Gasteiger partial charge in [-0.3, -0.25) is 4.79 Å². The van der Waals surface area contributed by atoms with Gasteiger partial charge in [0.15, 0.2) is 0 Å². The highest BCUT2D eigenvalue weighted by atomic mass is 32.2. The molecule has 0 aliphatic carbocycles. The van der Waals surface area contributed by atoms with Gasteiger partial charge in [-0.2, -0.15) is 0 Å². The smallest absolute Gasteiger partial charge is 0.233 e. The molecule has 0 aromatic carbocycles. The highest BCUT2D eigenvalue weighted by molar-refractivity contribution is 7.99. The van der Waals surface area contributed by atoms with Crippen LogP contribution in [0.4, 0.5) is 0 Å². The summed E-state index contributed by atoms with van der Waals surface area (Å²) in [6.45, 7) is 1.57. The maximum atomic E-state index is 12.0. The average molecular weight is 287 g/mol. The van der Waals surface area contributed by atoms with Crippen molar-refractivity contribution >= 4 is 29.0 Å². The minimum atomic E-state index is -0.173. The molecule has 1 aromatic heterocycles. The Kier molecular flexibility index (Phi) is 5.49. The van der Waals surface area contributed by atoms with Crippen LogP contribution in [0, 0.1) is 0 Å². The third-order valence-corrected chi connectivity index (χ3v) is 4.83. The summed E-state index contributed by atoms with van der Waals surface area (Å²) in [4.78, 5) is 15.1. The fourth-order valence-electron chi connectivity index (χ4n) is 1.85. The van der Waals surface area contributed by atoms with Crippen molar-refractivity contribution in [1.82, 2.24) is 4.90 Å². The minimum Gasteiger partial charge on any atom is -0.394 e. The second kappa shape index (κ2) is 7.13. The standard InChI is InChI=1S/C12H17NO3S2/c14-6-10-7-16-4-3-13(10)12(15)9-17-8-11-2-1-5-18-11/h1-2,5,10,14H,3-4,6-9H2. The average Bonchev–Trinajstić information content (AvgIpc) is 2.91. The van der Waals surface area contributed by atoms with Gasteiger partial charge in [-0.25, -0.2) is 0 Å². The molecule has 1 amide bonds. The topological polar surface area (TPSA) is 49.8 Å². The first kappa shape index (κ1) is 13.9. The van der Waals surface area contributed by atoms with E-state index in [2.05, 4.69) is 6.07 Å². The summed E-state index contributed by atoms with van der Waals surface area (Å²) < 4.78 is 5.26. The molecule has 0 bridgehead atoms. The van der Waals surface area contributed by atoms with Gasteiger partial charge in [0, 0.05) is 17.2 Å². The van der Waals surface area contributed by atoms with E-state index in [1.54, 1.807) is 28.0 Å². The van der Waals surface area contributed by atoms with Gasteiger partial charge >= 0.3 is 0 Å². The molecule has 1 saturated heterocycles. The largest absolute Gasteiger partial charge is 0.394 e. The molecule has 0 saturated carbocycles. The maximum Gasteiger partial charge on any atom is 0.233 e. The summed E-state index contributed by atoms with van der Waals surface area (Å²) in [6.07, 6.45) is 0. The lowest BCUT2D eigenvalue weighted by Crippen LogP contribution is -2.51.